The van der Waals surface area contributed by atoms with Gasteiger partial charge in [0.25, 0.3) is 0 Å². The van der Waals surface area contributed by atoms with Crippen LogP contribution in [0.5, 0.6) is 5.75 Å². The minimum Gasteiger partial charge on any atom is -0.508 e. The summed E-state index contributed by atoms with van der Waals surface area (Å²) >= 11 is 1.38. The number of carboxylic acids is 2. The lowest BCUT2D eigenvalue weighted by Gasteiger charge is -2.24. The molecular weight excluding hydrogens is 522 g/mol. The Morgan fingerprint density at radius 1 is 0.868 bits per heavy atom. The van der Waals surface area contributed by atoms with Gasteiger partial charge in [0.1, 0.15) is 23.9 Å². The molecule has 4 amide bonds. The first-order valence-electron chi connectivity index (χ1n) is 11.5. The standard InChI is InChI=1S/C23H33N5O9S/c1-38-9-8-15(26-20(33)14(24)10-12-2-4-13(29)5-3-12)21(34)28-17(11-19(31)32)22(35)27-16(23(36)37)6-7-18(25)30/h2-5,14-17,29H,6-11,24H2,1H3,(H2,25,30)(H,26,33)(H,27,35)(H,28,34)(H,31,32)(H,36,37). The van der Waals surface area contributed by atoms with E-state index in [2.05, 4.69) is 16.0 Å². The average molecular weight is 556 g/mol. The molecule has 1 aromatic rings. The third kappa shape index (κ3) is 11.9. The highest BCUT2D eigenvalue weighted by atomic mass is 32.2. The van der Waals surface area contributed by atoms with Gasteiger partial charge in [0.2, 0.25) is 23.6 Å². The van der Waals surface area contributed by atoms with Crippen molar-refractivity contribution in [3.8, 4) is 5.75 Å². The van der Waals surface area contributed by atoms with Crippen LogP contribution in [0.15, 0.2) is 24.3 Å². The highest BCUT2D eigenvalue weighted by Gasteiger charge is 2.31. The molecule has 210 valence electrons. The summed E-state index contributed by atoms with van der Waals surface area (Å²) in [5.74, 6) is -5.89. The molecule has 0 saturated heterocycles. The van der Waals surface area contributed by atoms with Crippen molar-refractivity contribution in [2.75, 3.05) is 12.0 Å². The van der Waals surface area contributed by atoms with Crippen LogP contribution in [0.2, 0.25) is 0 Å². The van der Waals surface area contributed by atoms with Crippen molar-refractivity contribution in [2.45, 2.75) is 56.3 Å². The fourth-order valence-corrected chi connectivity index (χ4v) is 3.71. The second kappa shape index (κ2) is 16.1. The fourth-order valence-electron chi connectivity index (χ4n) is 3.23. The van der Waals surface area contributed by atoms with Gasteiger partial charge in [-0.1, -0.05) is 12.1 Å². The lowest BCUT2D eigenvalue weighted by atomic mass is 10.0. The van der Waals surface area contributed by atoms with Gasteiger partial charge in [0, 0.05) is 6.42 Å². The molecule has 10 N–H and O–H groups in total. The Balaban J connectivity index is 2.95. The summed E-state index contributed by atoms with van der Waals surface area (Å²) < 4.78 is 0. The second-order valence-electron chi connectivity index (χ2n) is 8.38. The summed E-state index contributed by atoms with van der Waals surface area (Å²) in [7, 11) is 0. The number of hydrogen-bond donors (Lipinski definition) is 8. The van der Waals surface area contributed by atoms with E-state index in [-0.39, 0.29) is 31.4 Å². The van der Waals surface area contributed by atoms with Crippen molar-refractivity contribution >= 4 is 47.3 Å². The quantitative estimate of drug-likeness (QED) is 0.107. The molecule has 38 heavy (non-hydrogen) atoms. The van der Waals surface area contributed by atoms with Crippen LogP contribution in [0, 0.1) is 0 Å². The van der Waals surface area contributed by atoms with Crippen LogP contribution in [0.1, 0.15) is 31.2 Å². The van der Waals surface area contributed by atoms with E-state index in [4.69, 9.17) is 11.5 Å². The van der Waals surface area contributed by atoms with Crippen molar-refractivity contribution in [1.29, 1.82) is 0 Å². The number of phenols is 1. The van der Waals surface area contributed by atoms with E-state index in [1.165, 1.54) is 23.9 Å². The molecule has 4 unspecified atom stereocenters. The Kier molecular flexibility index (Phi) is 13.6. The fraction of sp³-hybridized carbons (Fsp3) is 0.478. The van der Waals surface area contributed by atoms with Gasteiger partial charge in [0.05, 0.1) is 12.5 Å². The van der Waals surface area contributed by atoms with Crippen LogP contribution in [-0.2, 0) is 35.2 Å². The number of phenolic OH excluding ortho intramolecular Hbond substituents is 1. The number of carboxylic acid groups (broad SMARTS) is 2. The molecule has 1 rings (SSSR count). The monoisotopic (exact) mass is 555 g/mol. The number of aliphatic carboxylic acids is 2. The molecule has 0 aliphatic carbocycles. The number of amides is 4. The van der Waals surface area contributed by atoms with Crippen LogP contribution < -0.4 is 27.4 Å². The largest absolute Gasteiger partial charge is 0.508 e. The van der Waals surface area contributed by atoms with Gasteiger partial charge in [-0.05, 0) is 49.0 Å². The topological polar surface area (TPSA) is 251 Å². The first-order chi connectivity index (χ1) is 17.8. The Morgan fingerprint density at radius 2 is 1.42 bits per heavy atom. The molecule has 14 nitrogen and oxygen atoms in total. The van der Waals surface area contributed by atoms with E-state index in [0.717, 1.165) is 0 Å². The van der Waals surface area contributed by atoms with E-state index in [1.807, 2.05) is 0 Å². The molecule has 0 heterocycles. The van der Waals surface area contributed by atoms with Gasteiger partial charge in [-0.25, -0.2) is 4.79 Å². The van der Waals surface area contributed by atoms with Crippen LogP contribution in [0.4, 0.5) is 0 Å². The number of nitrogens with one attached hydrogen (secondary N) is 3. The molecule has 0 spiro atoms. The molecule has 0 bridgehead atoms. The van der Waals surface area contributed by atoms with Gasteiger partial charge in [-0.2, -0.15) is 11.8 Å². The van der Waals surface area contributed by atoms with Gasteiger partial charge >= 0.3 is 11.9 Å². The zero-order chi connectivity index (χ0) is 28.8. The minimum absolute atomic E-state index is 0.0445. The maximum absolute atomic E-state index is 13.0. The van der Waals surface area contributed by atoms with Crippen LogP contribution in [-0.4, -0.2) is 87.1 Å². The predicted octanol–water partition coefficient (Wildman–Crippen LogP) is -1.71. The van der Waals surface area contributed by atoms with Gasteiger partial charge < -0.3 is 42.7 Å². The second-order valence-corrected chi connectivity index (χ2v) is 9.37. The zero-order valence-electron chi connectivity index (χ0n) is 20.7. The number of nitrogens with two attached hydrogens (primary N) is 2. The number of carbonyl (C=O) groups is 6. The summed E-state index contributed by atoms with van der Waals surface area (Å²) in [5.41, 5.74) is 11.6. The molecule has 0 radical (unpaired) electrons. The first-order valence-corrected chi connectivity index (χ1v) is 12.9. The van der Waals surface area contributed by atoms with Crippen molar-refractivity contribution in [2.24, 2.45) is 11.5 Å². The first kappa shape index (κ1) is 32.2. The lowest BCUT2D eigenvalue weighted by molar-refractivity contribution is -0.143. The number of benzene rings is 1. The summed E-state index contributed by atoms with van der Waals surface area (Å²) in [5, 5.41) is 34.7. The molecular formula is C23H33N5O9S. The van der Waals surface area contributed by atoms with E-state index < -0.39 is 66.2 Å². The van der Waals surface area contributed by atoms with Gasteiger partial charge in [-0.15, -0.1) is 0 Å². The van der Waals surface area contributed by atoms with Crippen molar-refractivity contribution < 1.29 is 44.1 Å². The molecule has 0 aliphatic rings. The summed E-state index contributed by atoms with van der Waals surface area (Å²) in [4.78, 5) is 72.1. The van der Waals surface area contributed by atoms with E-state index in [9.17, 15) is 44.1 Å². The summed E-state index contributed by atoms with van der Waals surface area (Å²) in [6, 6.07) is 0.602. The third-order valence-corrected chi connectivity index (χ3v) is 5.92. The van der Waals surface area contributed by atoms with E-state index >= 15 is 0 Å². The van der Waals surface area contributed by atoms with Crippen molar-refractivity contribution in [3.63, 3.8) is 0 Å². The number of primary amides is 1. The lowest BCUT2D eigenvalue weighted by Crippen LogP contribution is -2.57. The Bertz CT molecular complexity index is 1010. The molecule has 0 fully saturated rings. The highest BCUT2D eigenvalue weighted by Crippen LogP contribution is 2.11. The predicted molar refractivity (Wildman–Crippen MR) is 137 cm³/mol. The van der Waals surface area contributed by atoms with E-state index in [1.54, 1.807) is 18.4 Å². The normalized spacial score (nSPS) is 13.8. The SMILES string of the molecule is CSCCC(NC(=O)C(N)Cc1ccc(O)cc1)C(=O)NC(CC(=O)O)C(=O)NC(CCC(N)=O)C(=O)O. The third-order valence-electron chi connectivity index (χ3n) is 5.28. The highest BCUT2D eigenvalue weighted by molar-refractivity contribution is 7.98. The van der Waals surface area contributed by atoms with Crippen molar-refractivity contribution in [3.05, 3.63) is 29.8 Å². The Hall–Kier alpha value is -3.85. The van der Waals surface area contributed by atoms with Crippen LogP contribution >= 0.6 is 11.8 Å². The maximum Gasteiger partial charge on any atom is 0.326 e. The zero-order valence-corrected chi connectivity index (χ0v) is 21.5. The minimum atomic E-state index is -1.67. The molecule has 0 aromatic heterocycles. The molecule has 4 atom stereocenters. The molecule has 0 aliphatic heterocycles. The molecule has 15 heteroatoms. The van der Waals surface area contributed by atoms with Gasteiger partial charge in [-0.3, -0.25) is 24.0 Å². The number of aromatic hydroxyl groups is 1. The number of carbonyl (C=O) groups excluding carboxylic acids is 4. The molecule has 1 aromatic carbocycles. The Morgan fingerprint density at radius 3 is 1.95 bits per heavy atom. The number of rotatable bonds is 17. The Labute approximate surface area is 222 Å². The van der Waals surface area contributed by atoms with Crippen LogP contribution in [0.25, 0.3) is 0 Å². The molecule has 0 saturated carbocycles. The van der Waals surface area contributed by atoms with Gasteiger partial charge in [0.15, 0.2) is 0 Å². The smallest absolute Gasteiger partial charge is 0.326 e. The summed E-state index contributed by atoms with van der Waals surface area (Å²) in [6.45, 7) is 0. The summed E-state index contributed by atoms with van der Waals surface area (Å²) in [6.07, 6.45) is 0.447. The maximum atomic E-state index is 13.0. The van der Waals surface area contributed by atoms with Crippen LogP contribution in [0.3, 0.4) is 0 Å². The number of hydrogen-bond acceptors (Lipinski definition) is 9. The van der Waals surface area contributed by atoms with E-state index in [0.29, 0.717) is 11.3 Å². The van der Waals surface area contributed by atoms with Crippen molar-refractivity contribution in [1.82, 2.24) is 16.0 Å². The number of thioether (sulfide) groups is 1. The average Bonchev–Trinajstić information content (AvgIpc) is 2.84.